The highest BCUT2D eigenvalue weighted by Crippen LogP contribution is 2.33. The molecule has 10 heteroatoms. The number of carboxylic acid groups (broad SMARTS) is 1. The van der Waals surface area contributed by atoms with Gasteiger partial charge in [-0.2, -0.15) is 9.78 Å². The van der Waals surface area contributed by atoms with E-state index in [9.17, 15) is 14.7 Å². The maximum absolute atomic E-state index is 11.9. The fourth-order valence-corrected chi connectivity index (χ4v) is 3.03. The van der Waals surface area contributed by atoms with Crippen molar-refractivity contribution in [2.24, 2.45) is 11.7 Å². The van der Waals surface area contributed by atoms with E-state index in [1.807, 2.05) is 13.8 Å². The Morgan fingerprint density at radius 3 is 2.23 bits per heavy atom. The first kappa shape index (κ1) is 28.2. The van der Waals surface area contributed by atoms with Crippen molar-refractivity contribution in [2.45, 2.75) is 46.7 Å². The maximum atomic E-state index is 11.9. The number of aromatic nitrogens is 2. The van der Waals surface area contributed by atoms with Crippen LogP contribution in [-0.2, 0) is 11.3 Å². The van der Waals surface area contributed by atoms with E-state index in [1.54, 1.807) is 62.4 Å². The maximum Gasteiger partial charge on any atom is 0.356 e. The van der Waals surface area contributed by atoms with Crippen molar-refractivity contribution in [3.63, 3.8) is 0 Å². The molecule has 35 heavy (non-hydrogen) atoms. The van der Waals surface area contributed by atoms with Crippen molar-refractivity contribution >= 4 is 35.1 Å². The van der Waals surface area contributed by atoms with Gasteiger partial charge in [0.1, 0.15) is 5.75 Å². The molecule has 188 valence electrons. The van der Waals surface area contributed by atoms with Gasteiger partial charge in [0.25, 0.3) is 0 Å². The summed E-state index contributed by atoms with van der Waals surface area (Å²) in [6.07, 6.45) is 0.897. The minimum Gasteiger partial charge on any atom is -0.476 e. The molecule has 3 aromatic rings. The summed E-state index contributed by atoms with van der Waals surface area (Å²) in [5.74, 6) is -0.601. The molecule has 0 aliphatic carbocycles. The van der Waals surface area contributed by atoms with E-state index in [0.29, 0.717) is 27.0 Å². The Kier molecular flexibility index (Phi) is 10.6. The summed E-state index contributed by atoms with van der Waals surface area (Å²) in [4.78, 5) is 21.8. The van der Waals surface area contributed by atoms with Crippen molar-refractivity contribution in [3.8, 4) is 17.3 Å². The number of hydrogen-bond donors (Lipinski definition) is 3. The lowest BCUT2D eigenvalue weighted by Crippen LogP contribution is -2.25. The number of primary amides is 1. The molecule has 0 spiro atoms. The van der Waals surface area contributed by atoms with Crippen LogP contribution in [0.4, 0.5) is 0 Å². The summed E-state index contributed by atoms with van der Waals surface area (Å²) < 4.78 is 7.51. The first-order valence-electron chi connectivity index (χ1n) is 11.1. The molecule has 1 atom stereocenters. The predicted octanol–water partition coefficient (Wildman–Crippen LogP) is 5.69. The van der Waals surface area contributed by atoms with E-state index in [0.717, 1.165) is 6.42 Å². The molecule has 0 saturated carbocycles. The molecule has 1 unspecified atom stereocenters. The molecular formula is C25H30Cl2N4O4. The molecule has 2 aromatic carbocycles. The second-order valence-electron chi connectivity index (χ2n) is 8.10. The van der Waals surface area contributed by atoms with E-state index in [2.05, 4.69) is 10.4 Å². The van der Waals surface area contributed by atoms with Gasteiger partial charge >= 0.3 is 5.97 Å². The van der Waals surface area contributed by atoms with E-state index < -0.39 is 5.97 Å². The number of ether oxygens (including phenoxy) is 1. The van der Waals surface area contributed by atoms with Gasteiger partial charge in [-0.1, -0.05) is 56.1 Å². The van der Waals surface area contributed by atoms with Crippen molar-refractivity contribution < 1.29 is 19.4 Å². The summed E-state index contributed by atoms with van der Waals surface area (Å²) in [6.45, 7) is 7.89. The number of para-hydroxylation sites is 1. The zero-order valence-corrected chi connectivity index (χ0v) is 21.6. The van der Waals surface area contributed by atoms with Crippen LogP contribution in [0.3, 0.4) is 0 Å². The molecular weight excluding hydrogens is 491 g/mol. The Labute approximate surface area is 215 Å². The third-order valence-electron chi connectivity index (χ3n) is 5.06. The molecule has 0 saturated heterocycles. The smallest absolute Gasteiger partial charge is 0.356 e. The molecule has 0 radical (unpaired) electrons. The van der Waals surface area contributed by atoms with Crippen molar-refractivity contribution in [1.29, 1.82) is 0 Å². The molecule has 8 nitrogen and oxygen atoms in total. The fourth-order valence-electron chi connectivity index (χ4n) is 2.69. The van der Waals surface area contributed by atoms with Gasteiger partial charge < -0.3 is 20.9 Å². The first-order chi connectivity index (χ1) is 16.5. The Balaban J connectivity index is 0.000000641. The summed E-state index contributed by atoms with van der Waals surface area (Å²) in [5, 5.41) is 18.3. The van der Waals surface area contributed by atoms with Crippen LogP contribution in [0.15, 0.2) is 48.5 Å². The SMILES string of the molecule is CC(C)C(N)=O.CCC(C)NCc1c(C(=O)O)nn(-c2ccccc2Cl)c1Oc1ccc(Cl)cc1. The van der Waals surface area contributed by atoms with E-state index >= 15 is 0 Å². The molecule has 0 bridgehead atoms. The average Bonchev–Trinajstić information content (AvgIpc) is 3.17. The Hall–Kier alpha value is -3.07. The number of nitrogens with one attached hydrogen (secondary N) is 1. The molecule has 0 aliphatic heterocycles. The zero-order chi connectivity index (χ0) is 26.1. The highest BCUT2D eigenvalue weighted by Gasteiger charge is 2.26. The lowest BCUT2D eigenvalue weighted by molar-refractivity contribution is -0.120. The van der Waals surface area contributed by atoms with E-state index in [1.165, 1.54) is 4.68 Å². The third kappa shape index (κ3) is 7.99. The Bertz CT molecular complexity index is 1150. The Morgan fingerprint density at radius 1 is 1.11 bits per heavy atom. The average molecular weight is 521 g/mol. The van der Waals surface area contributed by atoms with Gasteiger partial charge in [0.05, 0.1) is 16.3 Å². The van der Waals surface area contributed by atoms with E-state index in [-0.39, 0.29) is 36.0 Å². The highest BCUT2D eigenvalue weighted by atomic mass is 35.5. The number of nitrogens with two attached hydrogens (primary N) is 1. The Morgan fingerprint density at radius 2 is 1.71 bits per heavy atom. The number of rotatable bonds is 9. The van der Waals surface area contributed by atoms with Crippen LogP contribution in [0, 0.1) is 5.92 Å². The van der Waals surface area contributed by atoms with Crippen LogP contribution in [0.25, 0.3) is 5.69 Å². The number of carbonyl (C=O) groups is 2. The van der Waals surface area contributed by atoms with Crippen LogP contribution in [0.1, 0.15) is 50.2 Å². The van der Waals surface area contributed by atoms with Gasteiger partial charge in [-0.25, -0.2) is 4.79 Å². The number of halogens is 2. The number of carboxylic acids is 1. The highest BCUT2D eigenvalue weighted by molar-refractivity contribution is 6.32. The van der Waals surface area contributed by atoms with Gasteiger partial charge in [-0.05, 0) is 49.7 Å². The molecule has 4 N–H and O–H groups in total. The van der Waals surface area contributed by atoms with Crippen LogP contribution < -0.4 is 15.8 Å². The number of carbonyl (C=O) groups excluding carboxylic acids is 1. The number of hydrogen-bond acceptors (Lipinski definition) is 5. The van der Waals surface area contributed by atoms with Crippen LogP contribution in [0.2, 0.25) is 10.0 Å². The van der Waals surface area contributed by atoms with Crippen LogP contribution in [0.5, 0.6) is 11.6 Å². The monoisotopic (exact) mass is 520 g/mol. The molecule has 0 fully saturated rings. The van der Waals surface area contributed by atoms with Gasteiger partial charge in [0.2, 0.25) is 11.8 Å². The van der Waals surface area contributed by atoms with Gasteiger partial charge in [-0.15, -0.1) is 0 Å². The molecule has 0 aliphatic rings. The predicted molar refractivity (Wildman–Crippen MR) is 138 cm³/mol. The lowest BCUT2D eigenvalue weighted by atomic mass is 10.2. The molecule has 1 amide bonds. The number of nitrogens with zero attached hydrogens (tertiary/aromatic N) is 2. The van der Waals surface area contributed by atoms with Crippen LogP contribution >= 0.6 is 23.2 Å². The van der Waals surface area contributed by atoms with Crippen molar-refractivity contribution in [3.05, 3.63) is 69.8 Å². The van der Waals surface area contributed by atoms with Gasteiger partial charge in [0, 0.05) is 23.5 Å². The summed E-state index contributed by atoms with van der Waals surface area (Å²) >= 11 is 12.3. The van der Waals surface area contributed by atoms with Crippen LogP contribution in [-0.4, -0.2) is 32.8 Å². The van der Waals surface area contributed by atoms with Gasteiger partial charge in [0.15, 0.2) is 5.69 Å². The number of aromatic carboxylic acids is 1. The van der Waals surface area contributed by atoms with Gasteiger partial charge in [-0.3, -0.25) is 4.79 Å². The minimum absolute atomic E-state index is 0.00926. The summed E-state index contributed by atoms with van der Waals surface area (Å²) in [7, 11) is 0. The summed E-state index contributed by atoms with van der Waals surface area (Å²) in [5.41, 5.74) is 5.66. The molecule has 3 rings (SSSR count). The first-order valence-corrected chi connectivity index (χ1v) is 11.9. The minimum atomic E-state index is -1.14. The topological polar surface area (TPSA) is 119 Å². The number of amides is 1. The third-order valence-corrected chi connectivity index (χ3v) is 5.63. The van der Waals surface area contributed by atoms with Crippen molar-refractivity contribution in [1.82, 2.24) is 15.1 Å². The fraction of sp³-hybridized carbons (Fsp3) is 0.320. The number of benzene rings is 2. The van der Waals surface area contributed by atoms with Crippen molar-refractivity contribution in [2.75, 3.05) is 0 Å². The second-order valence-corrected chi connectivity index (χ2v) is 8.95. The molecule has 1 heterocycles. The zero-order valence-electron chi connectivity index (χ0n) is 20.1. The second kappa shape index (κ2) is 13.1. The normalized spacial score (nSPS) is 11.5. The lowest BCUT2D eigenvalue weighted by Gasteiger charge is -2.14. The molecule has 1 aromatic heterocycles. The van der Waals surface area contributed by atoms with E-state index in [4.69, 9.17) is 33.7 Å². The standard InChI is InChI=1S/C21H21Cl2N3O3.C4H9NO/c1-3-13(2)24-12-16-19(21(27)28)25-26(18-7-5-4-6-17(18)23)20(16)29-15-10-8-14(22)9-11-15;1-3(2)4(5)6/h4-11,13,24H,3,12H2,1-2H3,(H,27,28);3H,1-2H3,(H2,5,6). The largest absolute Gasteiger partial charge is 0.476 e. The summed E-state index contributed by atoms with van der Waals surface area (Å²) in [6, 6.07) is 14.1. The quantitative estimate of drug-likeness (QED) is 0.333.